The molecule has 1 amide bonds. The molecule has 2 aromatic heterocycles. The van der Waals surface area contributed by atoms with E-state index in [2.05, 4.69) is 10.1 Å². The third-order valence-electron chi connectivity index (χ3n) is 4.10. The lowest BCUT2D eigenvalue weighted by Crippen LogP contribution is -2.23. The summed E-state index contributed by atoms with van der Waals surface area (Å²) in [5, 5.41) is 4.23. The van der Waals surface area contributed by atoms with Crippen LogP contribution in [0.15, 0.2) is 42.6 Å². The first-order valence-electron chi connectivity index (χ1n) is 7.89. The highest BCUT2D eigenvalue weighted by molar-refractivity contribution is 6.10. The molecule has 0 bridgehead atoms. The zero-order chi connectivity index (χ0) is 18.3. The number of carbonyl (C=O) groups is 1. The number of ether oxygens (including phenoxy) is 1. The highest BCUT2D eigenvalue weighted by Gasteiger charge is 2.29. The smallest absolute Gasteiger partial charge is 0.258 e. The zero-order valence-electron chi connectivity index (χ0n) is 13.8. The van der Waals surface area contributed by atoms with Gasteiger partial charge >= 0.3 is 0 Å². The van der Waals surface area contributed by atoms with Crippen LogP contribution < -0.4 is 9.64 Å². The molecule has 0 atom stereocenters. The highest BCUT2D eigenvalue weighted by atomic mass is 19.1. The van der Waals surface area contributed by atoms with E-state index in [9.17, 15) is 13.6 Å². The van der Waals surface area contributed by atoms with Crippen molar-refractivity contribution in [1.29, 1.82) is 0 Å². The van der Waals surface area contributed by atoms with E-state index in [0.29, 0.717) is 17.9 Å². The van der Waals surface area contributed by atoms with Crippen molar-refractivity contribution in [1.82, 2.24) is 14.8 Å². The van der Waals surface area contributed by atoms with E-state index in [0.717, 1.165) is 23.4 Å². The van der Waals surface area contributed by atoms with Crippen LogP contribution in [0.3, 0.4) is 0 Å². The fraction of sp³-hybridized carbons (Fsp3) is 0.167. The Bertz CT molecular complexity index is 982. The average molecular weight is 356 g/mol. The maximum Gasteiger partial charge on any atom is 0.258 e. The molecular weight excluding hydrogens is 342 g/mol. The van der Waals surface area contributed by atoms with E-state index in [1.54, 1.807) is 22.9 Å². The lowest BCUT2D eigenvalue weighted by molar-refractivity contribution is 0.0996. The Morgan fingerprint density at radius 1 is 1.15 bits per heavy atom. The number of anilines is 1. The number of pyridine rings is 1. The summed E-state index contributed by atoms with van der Waals surface area (Å²) in [5.74, 6) is -1.66. The number of aromatic nitrogens is 3. The molecule has 0 fully saturated rings. The van der Waals surface area contributed by atoms with E-state index in [1.165, 1.54) is 4.90 Å². The van der Waals surface area contributed by atoms with Gasteiger partial charge in [0.1, 0.15) is 12.4 Å². The molecule has 0 saturated heterocycles. The molecule has 0 aliphatic carbocycles. The minimum absolute atomic E-state index is 0.132. The number of halogens is 2. The molecule has 0 radical (unpaired) electrons. The number of nitrogens with zero attached hydrogens (tertiary/aromatic N) is 4. The van der Waals surface area contributed by atoms with Crippen LogP contribution >= 0.6 is 0 Å². The van der Waals surface area contributed by atoms with Crippen molar-refractivity contribution in [2.24, 2.45) is 7.05 Å². The molecule has 4 rings (SSSR count). The monoisotopic (exact) mass is 356 g/mol. The lowest BCUT2D eigenvalue weighted by atomic mass is 10.1. The molecule has 1 aliphatic heterocycles. The first kappa shape index (κ1) is 16.2. The predicted octanol–water partition coefficient (Wildman–Crippen LogP) is 2.83. The molecule has 1 aromatic carbocycles. The summed E-state index contributed by atoms with van der Waals surface area (Å²) in [5.41, 5.74) is 2.12. The lowest BCUT2D eigenvalue weighted by Gasteiger charge is -2.15. The summed E-state index contributed by atoms with van der Waals surface area (Å²) in [7, 11) is 1.82. The predicted molar refractivity (Wildman–Crippen MR) is 88.6 cm³/mol. The van der Waals surface area contributed by atoms with Gasteiger partial charge in [-0.25, -0.2) is 0 Å². The number of aryl methyl sites for hydroxylation is 1. The summed E-state index contributed by atoms with van der Waals surface area (Å²) in [6.07, 6.45) is 1.82. The quantitative estimate of drug-likeness (QED) is 0.675. The van der Waals surface area contributed by atoms with Crippen LogP contribution in [0, 0.1) is 11.9 Å². The third kappa shape index (κ3) is 3.01. The first-order chi connectivity index (χ1) is 12.5. The van der Waals surface area contributed by atoms with E-state index >= 15 is 0 Å². The molecular formula is C18H14F2N4O2. The summed E-state index contributed by atoms with van der Waals surface area (Å²) in [4.78, 5) is 16.9. The Labute approximate surface area is 147 Å². The van der Waals surface area contributed by atoms with E-state index < -0.39 is 11.9 Å². The molecule has 3 heterocycles. The van der Waals surface area contributed by atoms with Crippen molar-refractivity contribution in [3.8, 4) is 5.75 Å². The molecule has 0 unspecified atom stereocenters. The Morgan fingerprint density at radius 3 is 2.62 bits per heavy atom. The number of benzene rings is 1. The van der Waals surface area contributed by atoms with Gasteiger partial charge in [0.25, 0.3) is 5.91 Å². The highest BCUT2D eigenvalue weighted by Crippen LogP contribution is 2.31. The van der Waals surface area contributed by atoms with Gasteiger partial charge in [0.05, 0.1) is 17.9 Å². The van der Waals surface area contributed by atoms with Crippen LogP contribution in [0.25, 0.3) is 0 Å². The minimum atomic E-state index is -0.969. The van der Waals surface area contributed by atoms with Crippen molar-refractivity contribution >= 4 is 11.6 Å². The molecule has 0 N–H and O–H groups in total. The van der Waals surface area contributed by atoms with Crippen LogP contribution in [0.5, 0.6) is 5.75 Å². The molecule has 3 aromatic rings. The van der Waals surface area contributed by atoms with Gasteiger partial charge in [-0.2, -0.15) is 18.9 Å². The standard InChI is InChI=1S/C18H14F2N4O2/c1-23-5-4-12(22-23)10-26-14-2-3-15-11(6-14)9-24(18(15)25)13-7-16(19)21-17(20)8-13/h2-8H,9-10H2,1H3. The average Bonchev–Trinajstić information content (AvgIpc) is 3.15. The Kier molecular flexibility index (Phi) is 3.87. The van der Waals surface area contributed by atoms with Gasteiger partial charge in [-0.05, 0) is 29.8 Å². The maximum absolute atomic E-state index is 13.3. The fourth-order valence-corrected chi connectivity index (χ4v) is 2.90. The topological polar surface area (TPSA) is 60.2 Å². The number of carbonyl (C=O) groups excluding carboxylic acids is 1. The Morgan fingerprint density at radius 2 is 1.92 bits per heavy atom. The molecule has 1 aliphatic rings. The number of rotatable bonds is 4. The molecule has 0 spiro atoms. The van der Waals surface area contributed by atoms with Crippen molar-refractivity contribution in [3.05, 3.63) is 71.3 Å². The molecule has 0 saturated carbocycles. The summed E-state index contributed by atoms with van der Waals surface area (Å²) >= 11 is 0. The SMILES string of the molecule is Cn1ccc(COc2ccc3c(c2)CN(c2cc(F)nc(F)c2)C3=O)n1. The molecule has 6 nitrogen and oxygen atoms in total. The second kappa shape index (κ2) is 6.21. The van der Waals surface area contributed by atoms with Gasteiger partial charge in [-0.3, -0.25) is 9.48 Å². The number of hydrogen-bond donors (Lipinski definition) is 0. The van der Waals surface area contributed by atoms with Crippen molar-refractivity contribution < 1.29 is 18.3 Å². The largest absolute Gasteiger partial charge is 0.487 e. The number of hydrogen-bond acceptors (Lipinski definition) is 4. The maximum atomic E-state index is 13.3. The number of amides is 1. The third-order valence-corrected chi connectivity index (χ3v) is 4.10. The minimum Gasteiger partial charge on any atom is -0.487 e. The van der Waals surface area contributed by atoms with Crippen LogP contribution in [0.1, 0.15) is 21.6 Å². The molecule has 26 heavy (non-hydrogen) atoms. The molecule has 8 heteroatoms. The number of fused-ring (bicyclic) bond motifs is 1. The van der Waals surface area contributed by atoms with Gasteiger partial charge in [0, 0.05) is 30.9 Å². The summed E-state index contributed by atoms with van der Waals surface area (Å²) < 4.78 is 34.1. The van der Waals surface area contributed by atoms with E-state index in [4.69, 9.17) is 4.74 Å². The van der Waals surface area contributed by atoms with Crippen LogP contribution in [-0.4, -0.2) is 20.7 Å². The second-order valence-corrected chi connectivity index (χ2v) is 5.95. The van der Waals surface area contributed by atoms with Crippen LogP contribution in [0.4, 0.5) is 14.5 Å². The summed E-state index contributed by atoms with van der Waals surface area (Å²) in [6.45, 7) is 0.510. The van der Waals surface area contributed by atoms with Crippen molar-refractivity contribution in [3.63, 3.8) is 0 Å². The fourth-order valence-electron chi connectivity index (χ4n) is 2.90. The Balaban J connectivity index is 1.54. The Hall–Kier alpha value is -3.29. The van der Waals surface area contributed by atoms with Gasteiger partial charge in [-0.1, -0.05) is 0 Å². The van der Waals surface area contributed by atoms with E-state index in [-0.39, 0.29) is 18.1 Å². The second-order valence-electron chi connectivity index (χ2n) is 5.95. The van der Waals surface area contributed by atoms with Gasteiger partial charge in [0.2, 0.25) is 11.9 Å². The normalized spacial score (nSPS) is 13.2. The van der Waals surface area contributed by atoms with Gasteiger partial charge < -0.3 is 9.64 Å². The van der Waals surface area contributed by atoms with Gasteiger partial charge in [-0.15, -0.1) is 0 Å². The van der Waals surface area contributed by atoms with Crippen molar-refractivity contribution in [2.75, 3.05) is 4.90 Å². The van der Waals surface area contributed by atoms with E-state index in [1.807, 2.05) is 19.3 Å². The van der Waals surface area contributed by atoms with Crippen molar-refractivity contribution in [2.45, 2.75) is 13.2 Å². The van der Waals surface area contributed by atoms with Crippen LogP contribution in [0.2, 0.25) is 0 Å². The zero-order valence-corrected chi connectivity index (χ0v) is 13.8. The van der Waals surface area contributed by atoms with Crippen LogP contribution in [-0.2, 0) is 20.2 Å². The van der Waals surface area contributed by atoms with Gasteiger partial charge in [0.15, 0.2) is 0 Å². The molecule has 132 valence electrons. The first-order valence-corrected chi connectivity index (χ1v) is 7.89. The summed E-state index contributed by atoms with van der Waals surface area (Å²) in [6, 6.07) is 9.02.